The maximum atomic E-state index is 12.3. The minimum absolute atomic E-state index is 0.126. The molecular formula is C22H27Cl2N3O4S. The minimum Gasteiger partial charge on any atom is -0.378 e. The molecule has 0 saturated carbocycles. The summed E-state index contributed by atoms with van der Waals surface area (Å²) in [5.41, 5.74) is 2.45. The van der Waals surface area contributed by atoms with Gasteiger partial charge >= 0.3 is 0 Å². The number of carbonyl (C=O) groups is 1. The predicted molar refractivity (Wildman–Crippen MR) is 129 cm³/mol. The SMILES string of the molecule is CS(=O)(=O)N(CCCC(=O)NCc1ccc(N2CCOCC2)cc1)c1cc(Cl)ccc1Cl. The molecule has 7 nitrogen and oxygen atoms in total. The van der Waals surface area contributed by atoms with Gasteiger partial charge in [0, 0.05) is 43.3 Å². The molecule has 1 saturated heterocycles. The number of amides is 1. The number of carbonyl (C=O) groups excluding carboxylic acids is 1. The van der Waals surface area contributed by atoms with Gasteiger partial charge in [-0.15, -0.1) is 0 Å². The Hall–Kier alpha value is -2.00. The maximum Gasteiger partial charge on any atom is 0.232 e. The number of nitrogens with zero attached hydrogens (tertiary/aromatic N) is 2. The van der Waals surface area contributed by atoms with E-state index < -0.39 is 10.0 Å². The van der Waals surface area contributed by atoms with Gasteiger partial charge in [0.15, 0.2) is 0 Å². The van der Waals surface area contributed by atoms with Crippen LogP contribution in [0.5, 0.6) is 0 Å². The van der Waals surface area contributed by atoms with Crippen molar-refractivity contribution in [1.82, 2.24) is 5.32 Å². The Kier molecular flexibility index (Phi) is 8.64. The fourth-order valence-electron chi connectivity index (χ4n) is 3.46. The third-order valence-electron chi connectivity index (χ3n) is 5.14. The van der Waals surface area contributed by atoms with E-state index in [1.807, 2.05) is 24.3 Å². The first-order chi connectivity index (χ1) is 15.2. The first-order valence-electron chi connectivity index (χ1n) is 10.3. The van der Waals surface area contributed by atoms with Crippen molar-refractivity contribution in [2.75, 3.05) is 48.3 Å². The number of hydrogen-bond acceptors (Lipinski definition) is 5. The Morgan fingerprint density at radius 1 is 1.12 bits per heavy atom. The normalized spacial score (nSPS) is 14.3. The first-order valence-corrected chi connectivity index (χ1v) is 13.0. The zero-order valence-electron chi connectivity index (χ0n) is 17.9. The fraction of sp³-hybridized carbons (Fsp3) is 0.409. The highest BCUT2D eigenvalue weighted by molar-refractivity contribution is 7.92. The third kappa shape index (κ3) is 7.00. The Balaban J connectivity index is 1.49. The summed E-state index contributed by atoms with van der Waals surface area (Å²) < 4.78 is 31.0. The molecule has 0 bridgehead atoms. The van der Waals surface area contributed by atoms with Gasteiger partial charge in [-0.3, -0.25) is 9.10 Å². The molecule has 0 atom stereocenters. The molecule has 2 aromatic rings. The Bertz CT molecular complexity index is 1030. The van der Waals surface area contributed by atoms with Gasteiger partial charge in [-0.05, 0) is 42.3 Å². The molecule has 1 fully saturated rings. The van der Waals surface area contributed by atoms with Crippen LogP contribution in [0.15, 0.2) is 42.5 Å². The van der Waals surface area contributed by atoms with Crippen LogP contribution >= 0.6 is 23.2 Å². The van der Waals surface area contributed by atoms with Crippen molar-refractivity contribution in [3.8, 4) is 0 Å². The standard InChI is InChI=1S/C22H27Cl2N3O4S/c1-32(29,30)27(21-15-18(23)6-9-20(21)24)10-2-3-22(28)25-16-17-4-7-19(8-5-17)26-11-13-31-14-12-26/h4-9,15H,2-3,10-14,16H2,1H3,(H,25,28). The molecule has 0 aliphatic carbocycles. The lowest BCUT2D eigenvalue weighted by Crippen LogP contribution is -2.36. The number of hydrogen-bond donors (Lipinski definition) is 1. The summed E-state index contributed by atoms with van der Waals surface area (Å²) in [4.78, 5) is 14.5. The molecule has 174 valence electrons. The number of nitrogens with one attached hydrogen (secondary N) is 1. The molecule has 0 aromatic heterocycles. The largest absolute Gasteiger partial charge is 0.378 e. The second-order valence-electron chi connectivity index (χ2n) is 7.58. The van der Waals surface area contributed by atoms with Crippen molar-refractivity contribution in [3.05, 3.63) is 58.1 Å². The van der Waals surface area contributed by atoms with Gasteiger partial charge in [-0.1, -0.05) is 35.3 Å². The maximum absolute atomic E-state index is 12.3. The number of halogens is 2. The van der Waals surface area contributed by atoms with Crippen molar-refractivity contribution >= 4 is 50.5 Å². The molecule has 0 unspecified atom stereocenters. The number of benzene rings is 2. The van der Waals surface area contributed by atoms with Gasteiger partial charge in [0.1, 0.15) is 0 Å². The van der Waals surface area contributed by atoms with Gasteiger partial charge in [-0.25, -0.2) is 8.42 Å². The number of anilines is 2. The summed E-state index contributed by atoms with van der Waals surface area (Å²) in [6, 6.07) is 12.7. The highest BCUT2D eigenvalue weighted by Crippen LogP contribution is 2.30. The molecule has 1 amide bonds. The van der Waals surface area contributed by atoms with Crippen molar-refractivity contribution < 1.29 is 17.9 Å². The quantitative estimate of drug-likeness (QED) is 0.568. The van der Waals surface area contributed by atoms with E-state index in [0.717, 1.165) is 43.8 Å². The second kappa shape index (κ2) is 11.2. The molecule has 1 heterocycles. The van der Waals surface area contributed by atoms with Gasteiger partial charge in [0.25, 0.3) is 0 Å². The zero-order chi connectivity index (χ0) is 23.1. The van der Waals surface area contributed by atoms with Gasteiger partial charge in [0.2, 0.25) is 15.9 Å². The number of ether oxygens (including phenoxy) is 1. The average molecular weight is 500 g/mol. The van der Waals surface area contributed by atoms with Crippen LogP contribution < -0.4 is 14.5 Å². The summed E-state index contributed by atoms with van der Waals surface area (Å²) in [5.74, 6) is -0.145. The molecule has 1 aliphatic rings. The van der Waals surface area contributed by atoms with Crippen molar-refractivity contribution in [2.24, 2.45) is 0 Å². The molecule has 0 radical (unpaired) electrons. The van der Waals surface area contributed by atoms with Gasteiger partial charge in [0.05, 0.1) is 30.2 Å². The van der Waals surface area contributed by atoms with Crippen molar-refractivity contribution in [3.63, 3.8) is 0 Å². The van der Waals surface area contributed by atoms with E-state index in [9.17, 15) is 13.2 Å². The number of sulfonamides is 1. The summed E-state index contributed by atoms with van der Waals surface area (Å²) >= 11 is 12.2. The van der Waals surface area contributed by atoms with E-state index in [4.69, 9.17) is 27.9 Å². The molecular weight excluding hydrogens is 473 g/mol. The van der Waals surface area contributed by atoms with Crippen LogP contribution in [-0.4, -0.2) is 53.4 Å². The lowest BCUT2D eigenvalue weighted by molar-refractivity contribution is -0.121. The van der Waals surface area contributed by atoms with Crippen LogP contribution in [0.3, 0.4) is 0 Å². The lowest BCUT2D eigenvalue weighted by atomic mass is 10.2. The Morgan fingerprint density at radius 2 is 1.81 bits per heavy atom. The number of rotatable bonds is 9. The minimum atomic E-state index is -3.58. The molecule has 3 rings (SSSR count). The number of morpholine rings is 1. The lowest BCUT2D eigenvalue weighted by Gasteiger charge is -2.28. The molecule has 1 N–H and O–H groups in total. The first kappa shape index (κ1) is 24.6. The third-order valence-corrected chi connectivity index (χ3v) is 6.88. The molecule has 2 aromatic carbocycles. The summed E-state index contributed by atoms with van der Waals surface area (Å²) in [7, 11) is -3.58. The van der Waals surface area contributed by atoms with Gasteiger partial charge in [-0.2, -0.15) is 0 Å². The predicted octanol–water partition coefficient (Wildman–Crippen LogP) is 3.69. The van der Waals surface area contributed by atoms with E-state index in [1.165, 1.54) is 10.4 Å². The molecule has 32 heavy (non-hydrogen) atoms. The molecule has 0 spiro atoms. The summed E-state index contributed by atoms with van der Waals surface area (Å²) in [5, 5.41) is 3.55. The Morgan fingerprint density at radius 3 is 2.47 bits per heavy atom. The van der Waals surface area contributed by atoms with Crippen molar-refractivity contribution in [1.29, 1.82) is 0 Å². The smallest absolute Gasteiger partial charge is 0.232 e. The van der Waals surface area contributed by atoms with E-state index in [0.29, 0.717) is 23.7 Å². The van der Waals surface area contributed by atoms with Crippen LogP contribution in [0, 0.1) is 0 Å². The monoisotopic (exact) mass is 499 g/mol. The second-order valence-corrected chi connectivity index (χ2v) is 10.3. The van der Waals surface area contributed by atoms with E-state index in [-0.39, 0.29) is 23.9 Å². The highest BCUT2D eigenvalue weighted by Gasteiger charge is 2.20. The van der Waals surface area contributed by atoms with Crippen LogP contribution in [0.4, 0.5) is 11.4 Å². The van der Waals surface area contributed by atoms with E-state index in [1.54, 1.807) is 12.1 Å². The van der Waals surface area contributed by atoms with Crippen LogP contribution in [0.1, 0.15) is 18.4 Å². The van der Waals surface area contributed by atoms with E-state index >= 15 is 0 Å². The Labute approximate surface area is 199 Å². The molecule has 10 heteroatoms. The fourth-order valence-corrected chi connectivity index (χ4v) is 4.87. The van der Waals surface area contributed by atoms with E-state index in [2.05, 4.69) is 10.2 Å². The topological polar surface area (TPSA) is 79.0 Å². The highest BCUT2D eigenvalue weighted by atomic mass is 35.5. The summed E-state index contributed by atoms with van der Waals surface area (Å²) in [6.45, 7) is 3.76. The van der Waals surface area contributed by atoms with Crippen LogP contribution in [-0.2, 0) is 26.1 Å². The van der Waals surface area contributed by atoms with Crippen LogP contribution in [0.2, 0.25) is 10.0 Å². The van der Waals surface area contributed by atoms with Crippen LogP contribution in [0.25, 0.3) is 0 Å². The summed E-state index contributed by atoms with van der Waals surface area (Å²) in [6.07, 6.45) is 1.64. The molecule has 1 aliphatic heterocycles. The van der Waals surface area contributed by atoms with Gasteiger partial charge < -0.3 is 15.0 Å². The van der Waals surface area contributed by atoms with Crippen molar-refractivity contribution in [2.45, 2.75) is 19.4 Å². The average Bonchev–Trinajstić information content (AvgIpc) is 2.77. The zero-order valence-corrected chi connectivity index (χ0v) is 20.2.